The normalized spacial score (nSPS) is 37.1. The van der Waals surface area contributed by atoms with Gasteiger partial charge in [0, 0.05) is 32.1 Å². The molecule has 2 unspecified atom stereocenters. The first-order chi connectivity index (χ1) is 15.0. The average Bonchev–Trinajstić information content (AvgIpc) is 2.71. The number of rotatable bonds is 3. The van der Waals surface area contributed by atoms with E-state index < -0.39 is 0 Å². The summed E-state index contributed by atoms with van der Waals surface area (Å²) in [5.74, 6) is 2.42. The zero-order valence-corrected chi connectivity index (χ0v) is 18.9. The van der Waals surface area contributed by atoms with Crippen molar-refractivity contribution in [2.45, 2.75) is 70.1 Å². The maximum absolute atomic E-state index is 14.0. The molecule has 0 aromatic heterocycles. The Morgan fingerprint density at radius 1 is 0.871 bits per heavy atom. The van der Waals surface area contributed by atoms with Crippen LogP contribution in [0.4, 0.5) is 0 Å². The van der Waals surface area contributed by atoms with E-state index in [0.29, 0.717) is 23.7 Å². The summed E-state index contributed by atoms with van der Waals surface area (Å²) in [6.07, 6.45) is 10.4. The van der Waals surface area contributed by atoms with Crippen molar-refractivity contribution < 1.29 is 9.59 Å². The highest BCUT2D eigenvalue weighted by Crippen LogP contribution is 2.66. The fourth-order valence-corrected chi connectivity index (χ4v) is 8.14. The lowest BCUT2D eigenvalue weighted by Gasteiger charge is -2.62. The molecule has 166 valence electrons. The van der Waals surface area contributed by atoms with Crippen molar-refractivity contribution in [1.29, 1.82) is 0 Å². The van der Waals surface area contributed by atoms with Crippen molar-refractivity contribution in [3.63, 3.8) is 0 Å². The molecule has 4 nitrogen and oxygen atoms in total. The highest BCUT2D eigenvalue weighted by Gasteiger charge is 2.61. The van der Waals surface area contributed by atoms with Gasteiger partial charge in [-0.15, -0.1) is 0 Å². The summed E-state index contributed by atoms with van der Waals surface area (Å²) in [4.78, 5) is 30.8. The van der Waals surface area contributed by atoms with Crippen LogP contribution in [0.25, 0.3) is 0 Å². The highest BCUT2D eigenvalue weighted by atomic mass is 16.2. The van der Waals surface area contributed by atoms with Gasteiger partial charge in [-0.05, 0) is 81.1 Å². The molecule has 1 aromatic rings. The number of nitrogens with zero attached hydrogens (tertiary/aromatic N) is 2. The molecule has 1 saturated heterocycles. The van der Waals surface area contributed by atoms with Crippen LogP contribution in [0.3, 0.4) is 0 Å². The number of carbonyl (C=O) groups is 2. The van der Waals surface area contributed by atoms with E-state index in [0.717, 1.165) is 58.3 Å². The van der Waals surface area contributed by atoms with E-state index in [1.165, 1.54) is 36.8 Å². The van der Waals surface area contributed by atoms with Crippen LogP contribution in [-0.4, -0.2) is 47.8 Å². The van der Waals surface area contributed by atoms with Crippen LogP contribution >= 0.6 is 0 Å². The minimum atomic E-state index is -0.158. The topological polar surface area (TPSA) is 40.6 Å². The van der Waals surface area contributed by atoms with E-state index in [9.17, 15) is 9.59 Å². The van der Waals surface area contributed by atoms with Crippen LogP contribution in [0.2, 0.25) is 0 Å². The van der Waals surface area contributed by atoms with Crippen molar-refractivity contribution in [2.24, 2.45) is 23.2 Å². The average molecular weight is 421 g/mol. The summed E-state index contributed by atoms with van der Waals surface area (Å²) >= 11 is 0. The van der Waals surface area contributed by atoms with Gasteiger partial charge in [-0.3, -0.25) is 9.59 Å². The third kappa shape index (κ3) is 3.15. The number of hydrogen-bond donors (Lipinski definition) is 0. The second-order valence-corrected chi connectivity index (χ2v) is 11.6. The lowest BCUT2D eigenvalue weighted by molar-refractivity contribution is -0.163. The Morgan fingerprint density at radius 3 is 2.06 bits per heavy atom. The standard InChI is InChI=1S/C27H36N2O2/c1-19-5-7-23(8-6-19)26-14-20-13-21(15-26)17-27(16-20,18-26)25(31)29-11-9-28(10-12-29)24(30)22-3-2-4-22/h5-8,20-22H,2-4,9-18H2,1H3. The van der Waals surface area contributed by atoms with Crippen LogP contribution in [0.1, 0.15) is 68.9 Å². The molecule has 0 N–H and O–H groups in total. The van der Waals surface area contributed by atoms with Crippen LogP contribution in [0, 0.1) is 30.1 Å². The van der Waals surface area contributed by atoms with Gasteiger partial charge in [0.15, 0.2) is 0 Å². The van der Waals surface area contributed by atoms with Crippen LogP contribution in [-0.2, 0) is 15.0 Å². The molecular formula is C27H36N2O2. The lowest BCUT2D eigenvalue weighted by Crippen LogP contribution is -2.62. The molecule has 1 heterocycles. The highest BCUT2D eigenvalue weighted by molar-refractivity contribution is 5.84. The summed E-state index contributed by atoms with van der Waals surface area (Å²) in [7, 11) is 0. The fourth-order valence-electron chi connectivity index (χ4n) is 8.14. The summed E-state index contributed by atoms with van der Waals surface area (Å²) < 4.78 is 0. The SMILES string of the molecule is Cc1ccc(C23CC4CC(CC(C(=O)N5CCN(C(=O)C6CCC6)CC5)(C4)C2)C3)cc1. The molecule has 31 heavy (non-hydrogen) atoms. The van der Waals surface area contributed by atoms with Gasteiger partial charge >= 0.3 is 0 Å². The van der Waals surface area contributed by atoms with Gasteiger partial charge in [-0.2, -0.15) is 0 Å². The Balaban J connectivity index is 1.20. The third-order valence-electron chi connectivity index (χ3n) is 9.51. The van der Waals surface area contributed by atoms with E-state index in [2.05, 4.69) is 36.1 Å². The van der Waals surface area contributed by atoms with Gasteiger partial charge in [-0.25, -0.2) is 0 Å². The maximum Gasteiger partial charge on any atom is 0.228 e. The van der Waals surface area contributed by atoms with Crippen LogP contribution < -0.4 is 0 Å². The molecule has 0 radical (unpaired) electrons. The van der Waals surface area contributed by atoms with Crippen molar-refractivity contribution in [2.75, 3.05) is 26.2 Å². The molecule has 4 bridgehead atoms. The largest absolute Gasteiger partial charge is 0.339 e. The second-order valence-electron chi connectivity index (χ2n) is 11.6. The van der Waals surface area contributed by atoms with Crippen molar-refractivity contribution in [3.8, 4) is 0 Å². The Bertz CT molecular complexity index is 865. The molecule has 1 aliphatic heterocycles. The van der Waals surface area contributed by atoms with Crippen molar-refractivity contribution in [1.82, 2.24) is 9.80 Å². The number of amides is 2. The van der Waals surface area contributed by atoms with Gasteiger partial charge < -0.3 is 9.80 Å². The quantitative estimate of drug-likeness (QED) is 0.731. The van der Waals surface area contributed by atoms with Gasteiger partial charge in [0.2, 0.25) is 11.8 Å². The fraction of sp³-hybridized carbons (Fsp3) is 0.704. The van der Waals surface area contributed by atoms with Gasteiger partial charge in [-0.1, -0.05) is 36.2 Å². The third-order valence-corrected chi connectivity index (χ3v) is 9.51. The Morgan fingerprint density at radius 2 is 1.48 bits per heavy atom. The summed E-state index contributed by atoms with van der Waals surface area (Å²) in [6, 6.07) is 9.18. The Hall–Kier alpha value is -1.84. The number of benzene rings is 1. The Labute approximate surface area is 186 Å². The molecule has 0 spiro atoms. The molecule has 5 saturated carbocycles. The molecule has 2 atom stereocenters. The second kappa shape index (κ2) is 7.08. The van der Waals surface area contributed by atoms with Crippen LogP contribution in [0.15, 0.2) is 24.3 Å². The number of carbonyl (C=O) groups excluding carboxylic acids is 2. The van der Waals surface area contributed by atoms with Crippen LogP contribution in [0.5, 0.6) is 0 Å². The molecule has 4 heteroatoms. The van der Waals surface area contributed by atoms with Gasteiger partial charge in [0.25, 0.3) is 0 Å². The molecule has 1 aromatic carbocycles. The van der Waals surface area contributed by atoms with E-state index in [1.54, 1.807) is 0 Å². The lowest BCUT2D eigenvalue weighted by atomic mass is 9.42. The van der Waals surface area contributed by atoms with Crippen molar-refractivity contribution >= 4 is 11.8 Å². The predicted molar refractivity (Wildman–Crippen MR) is 120 cm³/mol. The number of aryl methyl sites for hydroxylation is 1. The number of hydrogen-bond acceptors (Lipinski definition) is 2. The van der Waals surface area contributed by atoms with Crippen molar-refractivity contribution in [3.05, 3.63) is 35.4 Å². The molecule has 6 aliphatic rings. The minimum absolute atomic E-state index is 0.158. The monoisotopic (exact) mass is 420 g/mol. The van der Waals surface area contributed by atoms with E-state index in [4.69, 9.17) is 0 Å². The zero-order chi connectivity index (χ0) is 21.2. The van der Waals surface area contributed by atoms with Gasteiger partial charge in [0.05, 0.1) is 5.41 Å². The molecule has 7 rings (SSSR count). The van der Waals surface area contributed by atoms with E-state index in [-0.39, 0.29) is 16.7 Å². The molecule has 5 aliphatic carbocycles. The minimum Gasteiger partial charge on any atom is -0.339 e. The summed E-state index contributed by atoms with van der Waals surface area (Å²) in [6.45, 7) is 5.07. The smallest absolute Gasteiger partial charge is 0.228 e. The summed E-state index contributed by atoms with van der Waals surface area (Å²) in [5, 5.41) is 0. The van der Waals surface area contributed by atoms with E-state index >= 15 is 0 Å². The molecular weight excluding hydrogens is 384 g/mol. The predicted octanol–water partition coefficient (Wildman–Crippen LogP) is 4.30. The van der Waals surface area contributed by atoms with Gasteiger partial charge in [0.1, 0.15) is 0 Å². The Kier molecular flexibility index (Phi) is 4.53. The zero-order valence-electron chi connectivity index (χ0n) is 18.9. The first-order valence-corrected chi connectivity index (χ1v) is 12.6. The first-order valence-electron chi connectivity index (χ1n) is 12.6. The van der Waals surface area contributed by atoms with E-state index in [1.807, 2.05) is 4.90 Å². The number of piperazine rings is 1. The molecule has 6 fully saturated rings. The summed E-state index contributed by atoms with van der Waals surface area (Å²) in [5.41, 5.74) is 2.83. The maximum atomic E-state index is 14.0. The molecule has 2 amide bonds. The first kappa shape index (κ1) is 19.8.